The van der Waals surface area contributed by atoms with Crippen molar-refractivity contribution in [1.82, 2.24) is 0 Å². The molecule has 1 N–H and O–H groups in total. The second kappa shape index (κ2) is 7.04. The normalized spacial score (nSPS) is 10.1. The van der Waals surface area contributed by atoms with Crippen molar-refractivity contribution in [3.8, 4) is 5.75 Å². The van der Waals surface area contributed by atoms with Gasteiger partial charge in [0.2, 0.25) is 0 Å². The van der Waals surface area contributed by atoms with Crippen LogP contribution in [0.5, 0.6) is 5.75 Å². The number of hydrogen-bond acceptors (Lipinski definition) is 6. The van der Waals surface area contributed by atoms with E-state index in [1.165, 1.54) is 37.4 Å². The van der Waals surface area contributed by atoms with Crippen LogP contribution in [0.4, 0.5) is 17.1 Å². The van der Waals surface area contributed by atoms with Crippen LogP contribution in [0.3, 0.4) is 0 Å². The molecule has 0 bridgehead atoms. The lowest BCUT2D eigenvalue weighted by atomic mass is 10.1. The molecule has 0 fully saturated rings. The van der Waals surface area contributed by atoms with E-state index < -0.39 is 15.8 Å². The first kappa shape index (κ1) is 17.3. The van der Waals surface area contributed by atoms with Gasteiger partial charge in [-0.05, 0) is 34.1 Å². The summed E-state index contributed by atoms with van der Waals surface area (Å²) in [6.45, 7) is 0. The second-order valence-electron chi connectivity index (χ2n) is 4.52. The van der Waals surface area contributed by atoms with E-state index in [0.29, 0.717) is 4.47 Å². The van der Waals surface area contributed by atoms with Crippen LogP contribution in [0.15, 0.2) is 40.9 Å². The maximum Gasteiger partial charge on any atom is 0.311 e. The van der Waals surface area contributed by atoms with Gasteiger partial charge in [0.05, 0.1) is 22.6 Å². The second-order valence-corrected chi connectivity index (χ2v) is 5.37. The van der Waals surface area contributed by atoms with Gasteiger partial charge in [-0.3, -0.25) is 25.0 Å². The molecule has 9 nitrogen and oxygen atoms in total. The van der Waals surface area contributed by atoms with Gasteiger partial charge in [-0.15, -0.1) is 0 Å². The summed E-state index contributed by atoms with van der Waals surface area (Å²) in [5, 5.41) is 24.3. The third kappa shape index (κ3) is 3.66. The number of carbonyl (C=O) groups is 1. The van der Waals surface area contributed by atoms with Crippen LogP contribution in [-0.2, 0) is 0 Å². The monoisotopic (exact) mass is 395 g/mol. The summed E-state index contributed by atoms with van der Waals surface area (Å²) in [4.78, 5) is 32.8. The summed E-state index contributed by atoms with van der Waals surface area (Å²) in [6, 6.07) is 7.60. The van der Waals surface area contributed by atoms with E-state index in [1.54, 1.807) is 0 Å². The number of halogens is 1. The van der Waals surface area contributed by atoms with Gasteiger partial charge < -0.3 is 10.1 Å². The van der Waals surface area contributed by atoms with Gasteiger partial charge in [-0.2, -0.15) is 0 Å². The molecule has 0 unspecified atom stereocenters. The molecule has 10 heteroatoms. The molecule has 0 radical (unpaired) electrons. The maximum atomic E-state index is 12.3. The van der Waals surface area contributed by atoms with Crippen LogP contribution < -0.4 is 10.1 Å². The molecule has 1 amide bonds. The van der Waals surface area contributed by atoms with E-state index in [9.17, 15) is 25.0 Å². The van der Waals surface area contributed by atoms with E-state index in [-0.39, 0.29) is 28.4 Å². The first-order valence-electron chi connectivity index (χ1n) is 6.41. The van der Waals surface area contributed by atoms with Crippen molar-refractivity contribution in [2.24, 2.45) is 0 Å². The Morgan fingerprint density at radius 3 is 2.42 bits per heavy atom. The van der Waals surface area contributed by atoms with Crippen LogP contribution in [0.1, 0.15) is 10.4 Å². The maximum absolute atomic E-state index is 12.3. The molecule has 2 aromatic carbocycles. The van der Waals surface area contributed by atoms with E-state index in [1.807, 2.05) is 0 Å². The van der Waals surface area contributed by atoms with Crippen molar-refractivity contribution in [2.45, 2.75) is 0 Å². The fraction of sp³-hybridized carbons (Fsp3) is 0.0714. The number of amides is 1. The van der Waals surface area contributed by atoms with Gasteiger partial charge in [-0.1, -0.05) is 0 Å². The molecule has 0 atom stereocenters. The zero-order valence-electron chi connectivity index (χ0n) is 12.2. The minimum absolute atomic E-state index is 0.0147. The Kier molecular flexibility index (Phi) is 5.09. The Hall–Kier alpha value is -3.01. The molecule has 0 spiro atoms. The van der Waals surface area contributed by atoms with Crippen LogP contribution in [0.2, 0.25) is 0 Å². The number of non-ortho nitro benzene ring substituents is 1. The fourth-order valence-electron chi connectivity index (χ4n) is 1.89. The van der Waals surface area contributed by atoms with Crippen molar-refractivity contribution < 1.29 is 19.4 Å². The first-order chi connectivity index (χ1) is 11.3. The van der Waals surface area contributed by atoms with Crippen LogP contribution in [0, 0.1) is 20.2 Å². The zero-order valence-corrected chi connectivity index (χ0v) is 13.8. The number of rotatable bonds is 5. The number of carbonyl (C=O) groups excluding carboxylic acids is 1. The molecule has 0 aromatic heterocycles. The van der Waals surface area contributed by atoms with Gasteiger partial charge in [-0.25, -0.2) is 0 Å². The van der Waals surface area contributed by atoms with E-state index >= 15 is 0 Å². The predicted octanol–water partition coefficient (Wildman–Crippen LogP) is 3.53. The highest BCUT2D eigenvalue weighted by Gasteiger charge is 2.19. The molecular formula is C14H10BrN3O6. The first-order valence-corrected chi connectivity index (χ1v) is 7.20. The molecule has 0 aliphatic heterocycles. The zero-order chi connectivity index (χ0) is 17.9. The fourth-order valence-corrected chi connectivity index (χ4v) is 2.24. The predicted molar refractivity (Wildman–Crippen MR) is 88.4 cm³/mol. The number of anilines is 1. The van der Waals surface area contributed by atoms with Crippen molar-refractivity contribution in [1.29, 1.82) is 0 Å². The molecule has 0 aliphatic rings. The summed E-state index contributed by atoms with van der Waals surface area (Å²) in [5.74, 6) is -0.630. The van der Waals surface area contributed by atoms with E-state index in [0.717, 1.165) is 6.07 Å². The third-order valence-electron chi connectivity index (χ3n) is 3.05. The molecular weight excluding hydrogens is 386 g/mol. The molecule has 0 aliphatic carbocycles. The minimum atomic E-state index is -0.668. The van der Waals surface area contributed by atoms with Gasteiger partial charge in [0.15, 0.2) is 5.75 Å². The molecule has 0 saturated heterocycles. The van der Waals surface area contributed by atoms with Crippen LogP contribution >= 0.6 is 15.9 Å². The Balaban J connectivity index is 2.34. The number of nitrogens with one attached hydrogen (secondary N) is 1. The average molecular weight is 396 g/mol. The Labute approximate surface area is 143 Å². The number of methoxy groups -OCH3 is 1. The number of hydrogen-bond donors (Lipinski definition) is 1. The van der Waals surface area contributed by atoms with Crippen molar-refractivity contribution in [3.05, 3.63) is 66.7 Å². The van der Waals surface area contributed by atoms with E-state index in [2.05, 4.69) is 21.2 Å². The molecule has 24 heavy (non-hydrogen) atoms. The third-order valence-corrected chi connectivity index (χ3v) is 3.74. The Morgan fingerprint density at radius 1 is 1.12 bits per heavy atom. The van der Waals surface area contributed by atoms with Gasteiger partial charge in [0.1, 0.15) is 0 Å². The minimum Gasteiger partial charge on any atom is -0.490 e. The number of nitro groups is 2. The van der Waals surface area contributed by atoms with Gasteiger partial charge >= 0.3 is 5.69 Å². The Bertz CT molecular complexity index is 839. The molecule has 2 rings (SSSR count). The average Bonchev–Trinajstić information content (AvgIpc) is 2.55. The topological polar surface area (TPSA) is 125 Å². The lowest BCUT2D eigenvalue weighted by molar-refractivity contribution is -0.385. The molecule has 124 valence electrons. The highest BCUT2D eigenvalue weighted by molar-refractivity contribution is 9.10. The largest absolute Gasteiger partial charge is 0.490 e. The summed E-state index contributed by atoms with van der Waals surface area (Å²) >= 11 is 3.18. The molecule has 2 aromatic rings. The lowest BCUT2D eigenvalue weighted by Crippen LogP contribution is -2.13. The standard InChI is InChI=1S/C14H10BrN3O6/c1-24-13-5-2-8(6-12(13)18(22)23)14(19)16-11-7-9(17(20)21)3-4-10(11)15/h2-7H,1H3,(H,16,19). The highest BCUT2D eigenvalue weighted by Crippen LogP contribution is 2.30. The number of benzene rings is 2. The van der Waals surface area contributed by atoms with Crippen LogP contribution in [0.25, 0.3) is 0 Å². The smallest absolute Gasteiger partial charge is 0.311 e. The quantitative estimate of drug-likeness (QED) is 0.609. The summed E-state index contributed by atoms with van der Waals surface area (Å²) < 4.78 is 5.30. The highest BCUT2D eigenvalue weighted by atomic mass is 79.9. The van der Waals surface area contributed by atoms with Crippen molar-refractivity contribution >= 4 is 38.9 Å². The van der Waals surface area contributed by atoms with Gasteiger partial charge in [0.25, 0.3) is 11.6 Å². The van der Waals surface area contributed by atoms with Crippen molar-refractivity contribution in [2.75, 3.05) is 12.4 Å². The summed E-state index contributed by atoms with van der Waals surface area (Å²) in [6.07, 6.45) is 0. The van der Waals surface area contributed by atoms with E-state index in [4.69, 9.17) is 4.74 Å². The lowest BCUT2D eigenvalue weighted by Gasteiger charge is -2.08. The molecule has 0 saturated carbocycles. The number of nitrogens with zero attached hydrogens (tertiary/aromatic N) is 2. The summed E-state index contributed by atoms with van der Waals surface area (Å²) in [7, 11) is 1.28. The van der Waals surface area contributed by atoms with Crippen LogP contribution in [-0.4, -0.2) is 22.9 Å². The van der Waals surface area contributed by atoms with Gasteiger partial charge in [0, 0.05) is 28.2 Å². The number of nitro benzene ring substituents is 2. The molecule has 0 heterocycles. The van der Waals surface area contributed by atoms with Crippen molar-refractivity contribution in [3.63, 3.8) is 0 Å². The Morgan fingerprint density at radius 2 is 1.83 bits per heavy atom. The SMILES string of the molecule is COc1ccc(C(=O)Nc2cc([N+](=O)[O-])ccc2Br)cc1[N+](=O)[O-]. The summed E-state index contributed by atoms with van der Waals surface area (Å²) in [5.41, 5.74) is -0.369. The number of ether oxygens (including phenoxy) is 1.